The molecule has 0 radical (unpaired) electrons. The average Bonchev–Trinajstić information content (AvgIpc) is 2.57. The third kappa shape index (κ3) is 13.8. The molecule has 0 aliphatic carbocycles. The second-order valence-electron chi connectivity index (χ2n) is 7.44. The highest BCUT2D eigenvalue weighted by atomic mass is 16.4. The lowest BCUT2D eigenvalue weighted by Crippen LogP contribution is -2.38. The Kier molecular flexibility index (Phi) is 16.8. The molecule has 0 rings (SSSR count). The molecular formula is C21H43NO2. The Morgan fingerprint density at radius 2 is 1.04 bits per heavy atom. The van der Waals surface area contributed by atoms with E-state index < -0.39 is 12.0 Å². The van der Waals surface area contributed by atoms with Gasteiger partial charge in [0.2, 0.25) is 0 Å². The lowest BCUT2D eigenvalue weighted by Gasteiger charge is -2.20. The Balaban J connectivity index is 3.84. The van der Waals surface area contributed by atoms with Crippen LogP contribution in [-0.4, -0.2) is 17.1 Å². The first-order chi connectivity index (χ1) is 11.6. The fourth-order valence-corrected chi connectivity index (χ4v) is 3.43. The summed E-state index contributed by atoms with van der Waals surface area (Å²) >= 11 is 0. The van der Waals surface area contributed by atoms with Crippen molar-refractivity contribution in [2.45, 2.75) is 123 Å². The first kappa shape index (κ1) is 23.4. The SMILES string of the molecule is CCCCCCCCCC(CCCCCCCCC)[C@H](N)C(=O)O. The van der Waals surface area contributed by atoms with Crippen molar-refractivity contribution in [2.24, 2.45) is 11.7 Å². The number of aliphatic carboxylic acids is 1. The molecular weight excluding hydrogens is 298 g/mol. The number of hydrogen-bond acceptors (Lipinski definition) is 2. The summed E-state index contributed by atoms with van der Waals surface area (Å²) in [5, 5.41) is 9.23. The van der Waals surface area contributed by atoms with Gasteiger partial charge < -0.3 is 10.8 Å². The third-order valence-corrected chi connectivity index (χ3v) is 5.15. The topological polar surface area (TPSA) is 63.3 Å². The van der Waals surface area contributed by atoms with Gasteiger partial charge in [0, 0.05) is 0 Å². The van der Waals surface area contributed by atoms with Gasteiger partial charge in [-0.15, -0.1) is 0 Å². The van der Waals surface area contributed by atoms with E-state index in [1.54, 1.807) is 0 Å². The van der Waals surface area contributed by atoms with Crippen molar-refractivity contribution in [1.82, 2.24) is 0 Å². The maximum absolute atomic E-state index is 11.2. The van der Waals surface area contributed by atoms with Gasteiger partial charge in [-0.05, 0) is 18.8 Å². The van der Waals surface area contributed by atoms with Crippen LogP contribution in [0, 0.1) is 5.92 Å². The highest BCUT2D eigenvalue weighted by molar-refractivity contribution is 5.73. The van der Waals surface area contributed by atoms with Gasteiger partial charge in [-0.25, -0.2) is 0 Å². The van der Waals surface area contributed by atoms with Crippen LogP contribution in [0.5, 0.6) is 0 Å². The molecule has 0 fully saturated rings. The molecule has 3 nitrogen and oxygen atoms in total. The van der Waals surface area contributed by atoms with Crippen LogP contribution in [0.1, 0.15) is 117 Å². The maximum Gasteiger partial charge on any atom is 0.320 e. The van der Waals surface area contributed by atoms with Crippen molar-refractivity contribution in [3.05, 3.63) is 0 Å². The summed E-state index contributed by atoms with van der Waals surface area (Å²) in [6.07, 6.45) is 19.8. The Hall–Kier alpha value is -0.570. The molecule has 0 unspecified atom stereocenters. The number of carboxylic acids is 1. The molecule has 0 aromatic rings. The molecule has 0 bridgehead atoms. The van der Waals surface area contributed by atoms with Crippen LogP contribution in [0.15, 0.2) is 0 Å². The van der Waals surface area contributed by atoms with E-state index in [0.717, 1.165) is 25.7 Å². The zero-order chi connectivity index (χ0) is 18.0. The van der Waals surface area contributed by atoms with Gasteiger partial charge in [-0.2, -0.15) is 0 Å². The minimum absolute atomic E-state index is 0.161. The number of nitrogens with two attached hydrogens (primary N) is 1. The van der Waals surface area contributed by atoms with E-state index in [4.69, 9.17) is 5.73 Å². The third-order valence-electron chi connectivity index (χ3n) is 5.15. The fraction of sp³-hybridized carbons (Fsp3) is 0.952. The summed E-state index contributed by atoms with van der Waals surface area (Å²) < 4.78 is 0. The number of rotatable bonds is 18. The molecule has 144 valence electrons. The van der Waals surface area contributed by atoms with Gasteiger partial charge >= 0.3 is 5.97 Å². The number of hydrogen-bond donors (Lipinski definition) is 2. The van der Waals surface area contributed by atoms with E-state index in [1.165, 1.54) is 77.0 Å². The predicted octanol–water partition coefficient (Wildman–Crippen LogP) is 6.30. The van der Waals surface area contributed by atoms with Crippen molar-refractivity contribution in [2.75, 3.05) is 0 Å². The Bertz CT molecular complexity index is 263. The first-order valence-electron chi connectivity index (χ1n) is 10.6. The normalized spacial score (nSPS) is 12.7. The van der Waals surface area contributed by atoms with Crippen molar-refractivity contribution >= 4 is 5.97 Å². The van der Waals surface area contributed by atoms with E-state index in [2.05, 4.69) is 13.8 Å². The van der Waals surface area contributed by atoms with Crippen LogP contribution < -0.4 is 5.73 Å². The molecule has 0 aromatic carbocycles. The summed E-state index contributed by atoms with van der Waals surface area (Å²) in [5.41, 5.74) is 5.92. The molecule has 0 aromatic heterocycles. The highest BCUT2D eigenvalue weighted by Gasteiger charge is 2.23. The number of unbranched alkanes of at least 4 members (excludes halogenated alkanes) is 12. The lowest BCUT2D eigenvalue weighted by atomic mass is 9.88. The van der Waals surface area contributed by atoms with Crippen LogP contribution in [0.2, 0.25) is 0 Å². The van der Waals surface area contributed by atoms with Gasteiger partial charge in [0.1, 0.15) is 6.04 Å². The molecule has 0 aliphatic rings. The minimum atomic E-state index is -0.828. The van der Waals surface area contributed by atoms with Crippen LogP contribution in [0.3, 0.4) is 0 Å². The van der Waals surface area contributed by atoms with E-state index in [0.29, 0.717) is 0 Å². The van der Waals surface area contributed by atoms with Gasteiger partial charge in [0.15, 0.2) is 0 Å². The molecule has 3 heteroatoms. The van der Waals surface area contributed by atoms with Crippen molar-refractivity contribution < 1.29 is 9.90 Å². The summed E-state index contributed by atoms with van der Waals surface area (Å²) in [6, 6.07) is -0.676. The van der Waals surface area contributed by atoms with Crippen LogP contribution in [0.4, 0.5) is 0 Å². The Labute approximate surface area is 150 Å². The van der Waals surface area contributed by atoms with Crippen molar-refractivity contribution in [3.8, 4) is 0 Å². The standard InChI is InChI=1S/C21H43NO2/c1-3-5-7-9-11-13-15-17-19(20(22)21(23)24)18-16-14-12-10-8-6-4-2/h19-20H,3-18,22H2,1-2H3,(H,23,24)/t20-/m0/s1. The second-order valence-corrected chi connectivity index (χ2v) is 7.44. The summed E-state index contributed by atoms with van der Waals surface area (Å²) in [6.45, 7) is 4.48. The first-order valence-corrected chi connectivity index (χ1v) is 10.6. The molecule has 24 heavy (non-hydrogen) atoms. The Morgan fingerprint density at radius 1 is 0.708 bits per heavy atom. The summed E-state index contributed by atoms with van der Waals surface area (Å²) in [5.74, 6) is -0.667. The molecule has 1 atom stereocenters. The van der Waals surface area contributed by atoms with E-state index in [-0.39, 0.29) is 5.92 Å². The van der Waals surface area contributed by atoms with Crippen molar-refractivity contribution in [3.63, 3.8) is 0 Å². The molecule has 0 saturated heterocycles. The van der Waals surface area contributed by atoms with E-state index >= 15 is 0 Å². The van der Waals surface area contributed by atoms with Crippen LogP contribution >= 0.6 is 0 Å². The number of carbonyl (C=O) groups is 1. The van der Waals surface area contributed by atoms with Gasteiger partial charge in [-0.1, -0.05) is 104 Å². The smallest absolute Gasteiger partial charge is 0.320 e. The quantitative estimate of drug-likeness (QED) is 0.288. The molecule has 0 amide bonds. The van der Waals surface area contributed by atoms with Gasteiger partial charge in [0.05, 0.1) is 0 Å². The zero-order valence-corrected chi connectivity index (χ0v) is 16.4. The molecule has 0 aliphatic heterocycles. The minimum Gasteiger partial charge on any atom is -0.480 e. The van der Waals surface area contributed by atoms with Crippen molar-refractivity contribution in [1.29, 1.82) is 0 Å². The van der Waals surface area contributed by atoms with E-state index in [1.807, 2.05) is 0 Å². The predicted molar refractivity (Wildman–Crippen MR) is 104 cm³/mol. The molecule has 0 spiro atoms. The zero-order valence-electron chi connectivity index (χ0n) is 16.4. The molecule has 0 heterocycles. The maximum atomic E-state index is 11.2. The molecule has 0 saturated carbocycles. The summed E-state index contributed by atoms with van der Waals surface area (Å²) in [7, 11) is 0. The second kappa shape index (κ2) is 17.3. The summed E-state index contributed by atoms with van der Waals surface area (Å²) in [4.78, 5) is 11.2. The largest absolute Gasteiger partial charge is 0.480 e. The van der Waals surface area contributed by atoms with E-state index in [9.17, 15) is 9.90 Å². The highest BCUT2D eigenvalue weighted by Crippen LogP contribution is 2.22. The fourth-order valence-electron chi connectivity index (χ4n) is 3.43. The van der Waals surface area contributed by atoms with Crippen LogP contribution in [0.25, 0.3) is 0 Å². The van der Waals surface area contributed by atoms with Crippen LogP contribution in [-0.2, 0) is 4.79 Å². The monoisotopic (exact) mass is 341 g/mol. The lowest BCUT2D eigenvalue weighted by molar-refractivity contribution is -0.140. The average molecular weight is 342 g/mol. The number of carboxylic acid groups (broad SMARTS) is 1. The Morgan fingerprint density at radius 3 is 1.38 bits per heavy atom. The molecule has 3 N–H and O–H groups in total. The van der Waals surface area contributed by atoms with Gasteiger partial charge in [0.25, 0.3) is 0 Å². The van der Waals surface area contributed by atoms with Gasteiger partial charge in [-0.3, -0.25) is 4.79 Å².